The summed E-state index contributed by atoms with van der Waals surface area (Å²) >= 11 is 7.71. The maximum atomic E-state index is 12.1. The van der Waals surface area contributed by atoms with E-state index in [2.05, 4.69) is 10.4 Å². The molecule has 0 bridgehead atoms. The van der Waals surface area contributed by atoms with Gasteiger partial charge in [0.1, 0.15) is 6.54 Å². The number of amides is 1. The Hall–Kier alpha value is -2.57. The Balaban J connectivity index is 1.64. The molecule has 0 radical (unpaired) electrons. The average Bonchev–Trinajstić information content (AvgIpc) is 2.62. The van der Waals surface area contributed by atoms with E-state index in [9.17, 15) is 9.59 Å². The maximum absolute atomic E-state index is 12.1. The number of anilines is 1. The van der Waals surface area contributed by atoms with E-state index in [0.29, 0.717) is 16.4 Å². The van der Waals surface area contributed by atoms with Crippen LogP contribution in [-0.4, -0.2) is 15.7 Å². The molecule has 0 aliphatic rings. The van der Waals surface area contributed by atoms with Gasteiger partial charge in [-0.2, -0.15) is 5.10 Å². The highest BCUT2D eigenvalue weighted by atomic mass is 35.5. The molecule has 0 unspecified atom stereocenters. The summed E-state index contributed by atoms with van der Waals surface area (Å²) in [7, 11) is 0. The normalized spacial score (nSPS) is 10.5. The van der Waals surface area contributed by atoms with Crippen molar-refractivity contribution in [1.29, 1.82) is 0 Å². The van der Waals surface area contributed by atoms with E-state index in [-0.39, 0.29) is 18.0 Å². The Morgan fingerprint density at radius 2 is 1.85 bits per heavy atom. The van der Waals surface area contributed by atoms with E-state index in [1.165, 1.54) is 6.07 Å². The molecule has 3 aromatic rings. The molecule has 1 aromatic heterocycles. The number of carbonyl (C=O) groups is 1. The van der Waals surface area contributed by atoms with Crippen molar-refractivity contribution in [2.24, 2.45) is 0 Å². The van der Waals surface area contributed by atoms with Crippen LogP contribution in [0.5, 0.6) is 0 Å². The van der Waals surface area contributed by atoms with Crippen molar-refractivity contribution in [3.05, 3.63) is 81.7 Å². The van der Waals surface area contributed by atoms with Crippen LogP contribution in [0.2, 0.25) is 5.02 Å². The van der Waals surface area contributed by atoms with Crippen LogP contribution in [0, 0.1) is 6.92 Å². The Kier molecular flexibility index (Phi) is 5.75. The summed E-state index contributed by atoms with van der Waals surface area (Å²) in [5.74, 6) is -0.309. The standard InChI is InChI=1S/C19H16ClN3O2S/c1-13-6-11-19(25)23(22-13)12-18(24)21-14-7-9-15(10-8-14)26-17-5-3-2-4-16(17)20/h2-11H,12H2,1H3,(H,21,24). The molecule has 0 fully saturated rings. The minimum Gasteiger partial charge on any atom is -0.324 e. The predicted octanol–water partition coefficient (Wildman–Crippen LogP) is 4.00. The lowest BCUT2D eigenvalue weighted by Crippen LogP contribution is -2.29. The van der Waals surface area contributed by atoms with Gasteiger partial charge in [-0.1, -0.05) is 35.5 Å². The van der Waals surface area contributed by atoms with Crippen molar-refractivity contribution in [3.8, 4) is 0 Å². The van der Waals surface area contributed by atoms with Crippen LogP contribution < -0.4 is 10.9 Å². The molecule has 3 rings (SSSR count). The molecule has 0 saturated carbocycles. The SMILES string of the molecule is Cc1ccc(=O)n(CC(=O)Nc2ccc(Sc3ccccc3Cl)cc2)n1. The number of hydrogen-bond acceptors (Lipinski definition) is 4. The summed E-state index contributed by atoms with van der Waals surface area (Å²) in [5.41, 5.74) is 1.02. The molecule has 2 aromatic carbocycles. The molecule has 0 aliphatic heterocycles. The number of benzene rings is 2. The van der Waals surface area contributed by atoms with Crippen molar-refractivity contribution >= 4 is 35.0 Å². The van der Waals surface area contributed by atoms with Crippen LogP contribution in [0.3, 0.4) is 0 Å². The van der Waals surface area contributed by atoms with Crippen LogP contribution in [0.1, 0.15) is 5.69 Å². The van der Waals surface area contributed by atoms with Crippen molar-refractivity contribution in [3.63, 3.8) is 0 Å². The summed E-state index contributed by atoms with van der Waals surface area (Å²) in [4.78, 5) is 25.8. The molecule has 0 aliphatic carbocycles. The Morgan fingerprint density at radius 1 is 1.12 bits per heavy atom. The number of nitrogens with one attached hydrogen (secondary N) is 1. The maximum Gasteiger partial charge on any atom is 0.267 e. The van der Waals surface area contributed by atoms with Crippen molar-refractivity contribution in [2.75, 3.05) is 5.32 Å². The summed E-state index contributed by atoms with van der Waals surface area (Å²) in [5, 5.41) is 7.52. The van der Waals surface area contributed by atoms with Crippen LogP contribution >= 0.6 is 23.4 Å². The first-order valence-corrected chi connectivity index (χ1v) is 9.08. The average molecular weight is 386 g/mol. The van der Waals surface area contributed by atoms with E-state index in [1.807, 2.05) is 48.5 Å². The first-order valence-electron chi connectivity index (χ1n) is 7.88. The number of nitrogens with zero attached hydrogens (tertiary/aromatic N) is 2. The van der Waals surface area contributed by atoms with Gasteiger partial charge in [0.25, 0.3) is 5.56 Å². The van der Waals surface area contributed by atoms with E-state index >= 15 is 0 Å². The second kappa shape index (κ2) is 8.21. The number of rotatable bonds is 5. The third-order valence-electron chi connectivity index (χ3n) is 3.50. The molecule has 1 amide bonds. The van der Waals surface area contributed by atoms with Crippen LogP contribution in [-0.2, 0) is 11.3 Å². The molecule has 0 spiro atoms. The lowest BCUT2D eigenvalue weighted by molar-refractivity contribution is -0.117. The third kappa shape index (κ3) is 4.74. The van der Waals surface area contributed by atoms with Crippen LogP contribution in [0.15, 0.2) is 75.2 Å². The lowest BCUT2D eigenvalue weighted by atomic mass is 10.3. The van der Waals surface area contributed by atoms with Gasteiger partial charge in [-0.15, -0.1) is 0 Å². The zero-order chi connectivity index (χ0) is 18.5. The highest BCUT2D eigenvalue weighted by Crippen LogP contribution is 2.33. The van der Waals surface area contributed by atoms with Gasteiger partial charge in [-0.25, -0.2) is 4.68 Å². The lowest BCUT2D eigenvalue weighted by Gasteiger charge is -2.08. The van der Waals surface area contributed by atoms with Gasteiger partial charge in [0.15, 0.2) is 0 Å². The topological polar surface area (TPSA) is 64.0 Å². The van der Waals surface area contributed by atoms with Crippen molar-refractivity contribution in [1.82, 2.24) is 9.78 Å². The number of carbonyl (C=O) groups excluding carboxylic acids is 1. The second-order valence-electron chi connectivity index (χ2n) is 5.58. The molecule has 0 saturated heterocycles. The largest absolute Gasteiger partial charge is 0.324 e. The number of hydrogen-bond donors (Lipinski definition) is 1. The van der Waals surface area contributed by atoms with Crippen molar-refractivity contribution < 1.29 is 4.79 Å². The summed E-state index contributed by atoms with van der Waals surface area (Å²) < 4.78 is 1.15. The highest BCUT2D eigenvalue weighted by molar-refractivity contribution is 7.99. The Labute approximate surface area is 160 Å². The smallest absolute Gasteiger partial charge is 0.267 e. The fourth-order valence-corrected chi connectivity index (χ4v) is 3.35. The third-order valence-corrected chi connectivity index (χ3v) is 5.02. The van der Waals surface area contributed by atoms with Gasteiger partial charge in [-0.3, -0.25) is 9.59 Å². The molecular formula is C19H16ClN3O2S. The number of aryl methyl sites for hydroxylation is 1. The predicted molar refractivity (Wildman–Crippen MR) is 104 cm³/mol. The fraction of sp³-hybridized carbons (Fsp3) is 0.105. The second-order valence-corrected chi connectivity index (χ2v) is 7.10. The molecule has 0 atom stereocenters. The Morgan fingerprint density at radius 3 is 2.58 bits per heavy atom. The van der Waals surface area contributed by atoms with Gasteiger partial charge >= 0.3 is 0 Å². The van der Waals surface area contributed by atoms with E-state index < -0.39 is 0 Å². The van der Waals surface area contributed by atoms with Crippen LogP contribution in [0.25, 0.3) is 0 Å². The van der Waals surface area contributed by atoms with E-state index in [4.69, 9.17) is 11.6 Å². The molecule has 132 valence electrons. The van der Waals surface area contributed by atoms with Crippen LogP contribution in [0.4, 0.5) is 5.69 Å². The molecular weight excluding hydrogens is 370 g/mol. The highest BCUT2D eigenvalue weighted by Gasteiger charge is 2.07. The molecule has 1 heterocycles. The first-order chi connectivity index (χ1) is 12.5. The zero-order valence-corrected chi connectivity index (χ0v) is 15.6. The summed E-state index contributed by atoms with van der Waals surface area (Å²) in [6.07, 6.45) is 0. The van der Waals surface area contributed by atoms with Gasteiger partial charge in [0.05, 0.1) is 10.7 Å². The number of halogens is 1. The van der Waals surface area contributed by atoms with Gasteiger partial charge in [0.2, 0.25) is 5.91 Å². The molecule has 26 heavy (non-hydrogen) atoms. The Bertz CT molecular complexity index is 987. The van der Waals surface area contributed by atoms with Gasteiger partial charge in [-0.05, 0) is 49.4 Å². The van der Waals surface area contributed by atoms with Gasteiger partial charge < -0.3 is 5.32 Å². The summed E-state index contributed by atoms with van der Waals surface area (Å²) in [6.45, 7) is 1.64. The van der Waals surface area contributed by atoms with E-state index in [1.54, 1.807) is 24.8 Å². The fourth-order valence-electron chi connectivity index (χ4n) is 2.26. The minimum atomic E-state index is -0.309. The zero-order valence-electron chi connectivity index (χ0n) is 14.0. The number of aromatic nitrogens is 2. The quantitative estimate of drug-likeness (QED) is 0.721. The molecule has 5 nitrogen and oxygen atoms in total. The first kappa shape index (κ1) is 18.2. The van der Waals surface area contributed by atoms with Crippen molar-refractivity contribution in [2.45, 2.75) is 23.3 Å². The van der Waals surface area contributed by atoms with Gasteiger partial charge in [0, 0.05) is 21.5 Å². The monoisotopic (exact) mass is 385 g/mol. The molecule has 7 heteroatoms. The summed E-state index contributed by atoms with van der Waals surface area (Å²) in [6, 6.07) is 18.1. The van der Waals surface area contributed by atoms with E-state index in [0.717, 1.165) is 14.5 Å². The minimum absolute atomic E-state index is 0.128. The molecule has 1 N–H and O–H groups in total.